The average molecular weight is 431 g/mol. The topological polar surface area (TPSA) is 75.7 Å². The minimum absolute atomic E-state index is 0.230. The smallest absolute Gasteiger partial charge is 0.255 e. The number of carbonyl (C=O) groups is 1. The van der Waals surface area contributed by atoms with Crippen LogP contribution < -0.4 is 14.4 Å². The zero-order chi connectivity index (χ0) is 21.0. The van der Waals surface area contributed by atoms with Crippen LogP contribution in [0.25, 0.3) is 0 Å². The van der Waals surface area contributed by atoms with E-state index in [1.807, 2.05) is 30.3 Å². The van der Waals surface area contributed by atoms with Crippen molar-refractivity contribution in [2.75, 3.05) is 22.9 Å². The molecule has 1 amide bonds. The number of para-hydroxylation sites is 1. The van der Waals surface area contributed by atoms with Crippen LogP contribution in [0.1, 0.15) is 10.4 Å². The van der Waals surface area contributed by atoms with Gasteiger partial charge in [-0.05, 0) is 54.6 Å². The number of halogens is 1. The molecule has 0 aromatic heterocycles. The third kappa shape index (κ3) is 5.28. The number of rotatable bonds is 6. The molecule has 0 saturated heterocycles. The lowest BCUT2D eigenvalue weighted by Gasteiger charge is -2.18. The van der Waals surface area contributed by atoms with E-state index < -0.39 is 10.0 Å². The van der Waals surface area contributed by atoms with E-state index in [-0.39, 0.29) is 22.2 Å². The van der Waals surface area contributed by atoms with Crippen molar-refractivity contribution in [2.45, 2.75) is 0 Å². The third-order valence-electron chi connectivity index (χ3n) is 4.14. The highest BCUT2D eigenvalue weighted by atomic mass is 35.5. The van der Waals surface area contributed by atoms with Crippen LogP contribution in [0.4, 0.5) is 11.4 Å². The van der Waals surface area contributed by atoms with E-state index in [4.69, 9.17) is 16.3 Å². The van der Waals surface area contributed by atoms with E-state index in [1.165, 1.54) is 25.2 Å². The number of nitrogens with one attached hydrogen (secondary N) is 1. The van der Waals surface area contributed by atoms with E-state index in [0.29, 0.717) is 17.2 Å². The molecule has 29 heavy (non-hydrogen) atoms. The van der Waals surface area contributed by atoms with Gasteiger partial charge in [-0.2, -0.15) is 0 Å². The predicted molar refractivity (Wildman–Crippen MR) is 116 cm³/mol. The first-order valence-electron chi connectivity index (χ1n) is 8.62. The van der Waals surface area contributed by atoms with Crippen LogP contribution in [0.5, 0.6) is 11.5 Å². The third-order valence-corrected chi connectivity index (χ3v) is 5.65. The van der Waals surface area contributed by atoms with Gasteiger partial charge in [0.1, 0.15) is 11.5 Å². The number of sulfonamides is 1. The highest BCUT2D eigenvalue weighted by Gasteiger charge is 2.17. The Hall–Kier alpha value is -3.03. The van der Waals surface area contributed by atoms with Gasteiger partial charge in [0.05, 0.1) is 17.0 Å². The first kappa shape index (κ1) is 20.7. The summed E-state index contributed by atoms with van der Waals surface area (Å²) in [5.74, 6) is 0.965. The molecule has 0 aliphatic rings. The van der Waals surface area contributed by atoms with Gasteiger partial charge in [-0.1, -0.05) is 29.8 Å². The Morgan fingerprint density at radius 2 is 1.59 bits per heavy atom. The fourth-order valence-electron chi connectivity index (χ4n) is 2.51. The molecular formula is C21H19ClN2O4S. The zero-order valence-electron chi connectivity index (χ0n) is 15.8. The highest BCUT2D eigenvalue weighted by molar-refractivity contribution is 7.92. The molecule has 0 heterocycles. The molecule has 3 rings (SSSR count). The van der Waals surface area contributed by atoms with Crippen LogP contribution in [0.3, 0.4) is 0 Å². The van der Waals surface area contributed by atoms with Crippen LogP contribution >= 0.6 is 11.6 Å². The van der Waals surface area contributed by atoms with Crippen LogP contribution in [0, 0.1) is 0 Å². The Kier molecular flexibility index (Phi) is 6.10. The van der Waals surface area contributed by atoms with Gasteiger partial charge in [0.25, 0.3) is 5.91 Å². The molecule has 0 aliphatic heterocycles. The fourth-order valence-corrected chi connectivity index (χ4v) is 3.31. The van der Waals surface area contributed by atoms with Crippen molar-refractivity contribution < 1.29 is 17.9 Å². The van der Waals surface area contributed by atoms with Crippen LogP contribution in [0.2, 0.25) is 5.02 Å². The number of ether oxygens (including phenoxy) is 1. The van der Waals surface area contributed by atoms with Crippen molar-refractivity contribution in [1.82, 2.24) is 0 Å². The maximum Gasteiger partial charge on any atom is 0.255 e. The van der Waals surface area contributed by atoms with Crippen molar-refractivity contribution in [3.05, 3.63) is 83.4 Å². The summed E-state index contributed by atoms with van der Waals surface area (Å²) in [5.41, 5.74) is 1.08. The van der Waals surface area contributed by atoms with Gasteiger partial charge in [-0.25, -0.2) is 8.42 Å². The summed E-state index contributed by atoms with van der Waals surface area (Å²) in [4.78, 5) is 12.6. The SMILES string of the molecule is CN(c1cc(C(=O)Nc2ccc(Oc3ccccc3)cc2)ccc1Cl)S(C)(=O)=O. The number of hydrogen-bond donors (Lipinski definition) is 1. The second kappa shape index (κ2) is 8.55. The number of carbonyl (C=O) groups excluding carboxylic acids is 1. The minimum atomic E-state index is -3.51. The van der Waals surface area contributed by atoms with Gasteiger partial charge in [-0.3, -0.25) is 9.10 Å². The summed E-state index contributed by atoms with van der Waals surface area (Å²) < 4.78 is 30.3. The van der Waals surface area contributed by atoms with Crippen LogP contribution in [0.15, 0.2) is 72.8 Å². The molecular weight excluding hydrogens is 412 g/mol. The first-order valence-corrected chi connectivity index (χ1v) is 10.8. The van der Waals surface area contributed by atoms with Crippen molar-refractivity contribution in [1.29, 1.82) is 0 Å². The molecule has 0 atom stereocenters. The minimum Gasteiger partial charge on any atom is -0.457 e. The Labute approximate surface area is 174 Å². The molecule has 0 spiro atoms. The van der Waals surface area contributed by atoms with Crippen molar-refractivity contribution >= 4 is 38.9 Å². The molecule has 0 unspecified atom stereocenters. The Morgan fingerprint density at radius 1 is 0.966 bits per heavy atom. The van der Waals surface area contributed by atoms with Gasteiger partial charge in [-0.15, -0.1) is 0 Å². The number of hydrogen-bond acceptors (Lipinski definition) is 4. The number of anilines is 2. The van der Waals surface area contributed by atoms with E-state index in [2.05, 4.69) is 5.32 Å². The molecule has 0 bridgehead atoms. The normalized spacial score (nSPS) is 11.0. The summed E-state index contributed by atoms with van der Waals surface area (Å²) >= 11 is 6.09. The summed E-state index contributed by atoms with van der Waals surface area (Å²) in [5, 5.41) is 3.00. The summed E-state index contributed by atoms with van der Waals surface area (Å²) in [6, 6.07) is 20.7. The lowest BCUT2D eigenvalue weighted by molar-refractivity contribution is 0.102. The maximum atomic E-state index is 12.6. The second-order valence-electron chi connectivity index (χ2n) is 6.29. The van der Waals surface area contributed by atoms with Gasteiger partial charge in [0, 0.05) is 18.3 Å². The summed E-state index contributed by atoms with van der Waals surface area (Å²) in [7, 11) is -2.13. The van der Waals surface area contributed by atoms with Crippen LogP contribution in [-0.2, 0) is 10.0 Å². The molecule has 3 aromatic carbocycles. The molecule has 0 radical (unpaired) electrons. The average Bonchev–Trinajstić information content (AvgIpc) is 2.69. The van der Waals surface area contributed by atoms with E-state index in [1.54, 1.807) is 24.3 Å². The van der Waals surface area contributed by atoms with E-state index >= 15 is 0 Å². The molecule has 8 heteroatoms. The summed E-state index contributed by atoms with van der Waals surface area (Å²) in [6.45, 7) is 0. The zero-order valence-corrected chi connectivity index (χ0v) is 17.4. The van der Waals surface area contributed by atoms with Gasteiger partial charge in [0.15, 0.2) is 0 Å². The Bertz CT molecular complexity index is 1120. The van der Waals surface area contributed by atoms with Crippen molar-refractivity contribution in [3.8, 4) is 11.5 Å². The first-order chi connectivity index (χ1) is 13.7. The fraction of sp³-hybridized carbons (Fsp3) is 0.0952. The quantitative estimate of drug-likeness (QED) is 0.610. The molecule has 3 aromatic rings. The van der Waals surface area contributed by atoms with E-state index in [0.717, 1.165) is 10.6 Å². The molecule has 150 valence electrons. The predicted octanol–water partition coefficient (Wildman–Crippen LogP) is 4.78. The maximum absolute atomic E-state index is 12.6. The molecule has 6 nitrogen and oxygen atoms in total. The standard InChI is InChI=1S/C21H19ClN2O4S/c1-24(29(2,26)27)20-14-15(8-13-19(20)22)21(25)23-16-9-11-18(12-10-16)28-17-6-4-3-5-7-17/h3-14H,1-2H3,(H,23,25). The molecule has 0 fully saturated rings. The number of amides is 1. The Morgan fingerprint density at radius 3 is 2.21 bits per heavy atom. The molecule has 1 N–H and O–H groups in total. The molecule has 0 aliphatic carbocycles. The van der Waals surface area contributed by atoms with Crippen molar-refractivity contribution in [2.24, 2.45) is 0 Å². The van der Waals surface area contributed by atoms with Crippen molar-refractivity contribution in [3.63, 3.8) is 0 Å². The van der Waals surface area contributed by atoms with E-state index in [9.17, 15) is 13.2 Å². The number of benzene rings is 3. The highest BCUT2D eigenvalue weighted by Crippen LogP contribution is 2.28. The lowest BCUT2D eigenvalue weighted by atomic mass is 10.2. The van der Waals surface area contributed by atoms with Crippen LogP contribution in [-0.4, -0.2) is 27.6 Å². The molecule has 0 saturated carbocycles. The number of nitrogens with zero attached hydrogens (tertiary/aromatic N) is 1. The largest absolute Gasteiger partial charge is 0.457 e. The lowest BCUT2D eigenvalue weighted by Crippen LogP contribution is -2.25. The van der Waals surface area contributed by atoms with Gasteiger partial charge in [0.2, 0.25) is 10.0 Å². The summed E-state index contributed by atoms with van der Waals surface area (Å²) in [6.07, 6.45) is 1.06. The Balaban J connectivity index is 1.73. The van der Waals surface area contributed by atoms with Gasteiger partial charge >= 0.3 is 0 Å². The second-order valence-corrected chi connectivity index (χ2v) is 8.71. The monoisotopic (exact) mass is 430 g/mol. The van der Waals surface area contributed by atoms with Gasteiger partial charge < -0.3 is 10.1 Å².